The average Bonchev–Trinajstić information content (AvgIpc) is 3.46. The number of carboxylic acids is 1. The van der Waals surface area contributed by atoms with Gasteiger partial charge in [0, 0.05) is 11.1 Å². The largest absolute Gasteiger partial charge is 0.480 e. The van der Waals surface area contributed by atoms with Gasteiger partial charge in [0.05, 0.1) is 16.8 Å². The van der Waals surface area contributed by atoms with Crippen molar-refractivity contribution in [2.24, 2.45) is 4.99 Å². The highest BCUT2D eigenvalue weighted by atomic mass is 32.2. The number of carbonyl (C=O) groups is 1. The second-order valence-corrected chi connectivity index (χ2v) is 9.74. The zero-order chi connectivity index (χ0) is 23.3. The maximum absolute atomic E-state index is 11.2. The van der Waals surface area contributed by atoms with Crippen molar-refractivity contribution in [3.05, 3.63) is 35.3 Å². The third-order valence-electron chi connectivity index (χ3n) is 5.56. The van der Waals surface area contributed by atoms with Crippen molar-refractivity contribution in [2.45, 2.75) is 36.7 Å². The number of hydrogen-bond donors (Lipinski definition) is 5. The fraction of sp³-hybridized carbons (Fsp3) is 0.381. The van der Waals surface area contributed by atoms with Crippen LogP contribution in [0.25, 0.3) is 21.0 Å². The lowest BCUT2D eigenvalue weighted by atomic mass is 9.99. The van der Waals surface area contributed by atoms with Crippen LogP contribution in [-0.2, 0) is 9.53 Å². The quantitative estimate of drug-likeness (QED) is 0.340. The first-order valence-corrected chi connectivity index (χ1v) is 11.9. The molecule has 0 radical (unpaired) electrons. The smallest absolute Gasteiger partial charge is 0.329 e. The minimum absolute atomic E-state index is 0.371. The Morgan fingerprint density at radius 1 is 1.15 bits per heavy atom. The van der Waals surface area contributed by atoms with E-state index in [1.165, 1.54) is 23.1 Å². The molecule has 2 aliphatic heterocycles. The van der Waals surface area contributed by atoms with Crippen LogP contribution in [-0.4, -0.2) is 90.6 Å². The average molecular weight is 493 g/mol. The number of thiazole rings is 1. The zero-order valence-corrected chi connectivity index (χ0v) is 18.6. The SMILES string of the molecule is O=C(O)C1CSC(c2nc3ccc4cc(OC5OC(CO)C(O)C(O)C5O)ccc4c3s2)=N1. The Labute approximate surface area is 195 Å². The number of aliphatic imine (C=N–C) groups is 1. The molecule has 0 bridgehead atoms. The first kappa shape index (κ1) is 22.5. The summed E-state index contributed by atoms with van der Waals surface area (Å²) < 4.78 is 12.0. The lowest BCUT2D eigenvalue weighted by molar-refractivity contribution is -0.277. The predicted octanol–water partition coefficient (Wildman–Crippen LogP) is 0.575. The van der Waals surface area contributed by atoms with Gasteiger partial charge in [0.2, 0.25) is 6.29 Å². The molecule has 2 aromatic carbocycles. The van der Waals surface area contributed by atoms with Gasteiger partial charge in [-0.25, -0.2) is 9.78 Å². The molecule has 0 aliphatic carbocycles. The van der Waals surface area contributed by atoms with E-state index in [1.54, 1.807) is 12.1 Å². The molecule has 0 saturated carbocycles. The van der Waals surface area contributed by atoms with Gasteiger partial charge in [0.15, 0.2) is 6.04 Å². The van der Waals surface area contributed by atoms with E-state index in [9.17, 15) is 25.2 Å². The molecule has 174 valence electrons. The zero-order valence-electron chi connectivity index (χ0n) is 16.9. The third-order valence-corrected chi connectivity index (χ3v) is 7.86. The fourth-order valence-corrected chi connectivity index (χ4v) is 5.97. The van der Waals surface area contributed by atoms with E-state index in [-0.39, 0.29) is 0 Å². The van der Waals surface area contributed by atoms with Crippen molar-refractivity contribution in [2.75, 3.05) is 12.4 Å². The highest BCUT2D eigenvalue weighted by Gasteiger charge is 2.44. The van der Waals surface area contributed by atoms with Crippen molar-refractivity contribution < 1.29 is 39.8 Å². The maximum Gasteiger partial charge on any atom is 0.329 e. The highest BCUT2D eigenvalue weighted by Crippen LogP contribution is 2.36. The molecule has 2 aliphatic rings. The van der Waals surface area contributed by atoms with E-state index >= 15 is 0 Å². The van der Waals surface area contributed by atoms with E-state index in [0.717, 1.165) is 21.0 Å². The minimum atomic E-state index is -1.52. The van der Waals surface area contributed by atoms with Gasteiger partial charge in [-0.1, -0.05) is 6.07 Å². The van der Waals surface area contributed by atoms with Crippen LogP contribution in [0.1, 0.15) is 5.01 Å². The van der Waals surface area contributed by atoms with Gasteiger partial charge >= 0.3 is 5.97 Å². The first-order chi connectivity index (χ1) is 15.9. The van der Waals surface area contributed by atoms with E-state index in [0.29, 0.717) is 21.6 Å². The highest BCUT2D eigenvalue weighted by molar-refractivity contribution is 8.15. The number of hydrogen-bond acceptors (Lipinski definition) is 11. The Morgan fingerprint density at radius 2 is 1.97 bits per heavy atom. The van der Waals surface area contributed by atoms with E-state index in [4.69, 9.17) is 14.6 Å². The monoisotopic (exact) mass is 492 g/mol. The molecule has 6 unspecified atom stereocenters. The molecular formula is C21H20N2O8S2. The molecular weight excluding hydrogens is 472 g/mol. The normalized spacial score (nSPS) is 30.0. The standard InChI is InChI=1S/C21H20N2O8S2/c24-6-13-14(25)15(26)16(27)21(31-13)30-9-2-3-10-8(5-9)1-4-11-17(10)33-19(22-11)18-23-12(7-32-18)20(28)29/h1-5,12-16,21,24-27H,6-7H2,(H,28,29). The molecule has 5 rings (SSSR count). The number of aliphatic carboxylic acids is 1. The molecule has 1 aromatic heterocycles. The molecule has 0 spiro atoms. The molecule has 5 N–H and O–H groups in total. The summed E-state index contributed by atoms with van der Waals surface area (Å²) >= 11 is 2.81. The number of benzene rings is 2. The number of carboxylic acid groups (broad SMARTS) is 1. The van der Waals surface area contributed by atoms with Crippen LogP contribution in [0.4, 0.5) is 0 Å². The molecule has 10 nitrogen and oxygen atoms in total. The van der Waals surface area contributed by atoms with Crippen LogP contribution < -0.4 is 4.74 Å². The molecule has 3 heterocycles. The Kier molecular flexibility index (Phi) is 5.99. The molecule has 6 atom stereocenters. The maximum atomic E-state index is 11.2. The van der Waals surface area contributed by atoms with Crippen molar-refractivity contribution in [3.63, 3.8) is 0 Å². The number of rotatable bonds is 5. The van der Waals surface area contributed by atoms with Crippen LogP contribution >= 0.6 is 23.1 Å². The Hall–Kier alpha value is -2.32. The number of aliphatic hydroxyl groups is 4. The van der Waals surface area contributed by atoms with Crippen LogP contribution in [0.5, 0.6) is 5.75 Å². The van der Waals surface area contributed by atoms with Crippen molar-refractivity contribution in [3.8, 4) is 5.75 Å². The lowest BCUT2D eigenvalue weighted by Gasteiger charge is -2.39. The van der Waals surface area contributed by atoms with Gasteiger partial charge in [-0.05, 0) is 29.7 Å². The van der Waals surface area contributed by atoms with E-state index < -0.39 is 49.3 Å². The summed E-state index contributed by atoms with van der Waals surface area (Å²) in [7, 11) is 0. The Bertz CT molecular complexity index is 1250. The molecule has 0 amide bonds. The van der Waals surface area contributed by atoms with Gasteiger partial charge in [0.1, 0.15) is 40.2 Å². The fourth-order valence-electron chi connectivity index (χ4n) is 3.77. The Morgan fingerprint density at radius 3 is 2.70 bits per heavy atom. The molecule has 1 fully saturated rings. The van der Waals surface area contributed by atoms with Gasteiger partial charge in [-0.2, -0.15) is 0 Å². The van der Waals surface area contributed by atoms with Crippen LogP contribution in [0.15, 0.2) is 35.3 Å². The van der Waals surface area contributed by atoms with Crippen molar-refractivity contribution >= 4 is 55.1 Å². The topological polar surface area (TPSA) is 162 Å². The van der Waals surface area contributed by atoms with Gasteiger partial charge in [-0.15, -0.1) is 23.1 Å². The minimum Gasteiger partial charge on any atom is -0.480 e. The number of fused-ring (bicyclic) bond motifs is 3. The number of thioether (sulfide) groups is 1. The molecule has 3 aromatic rings. The van der Waals surface area contributed by atoms with Crippen LogP contribution in [0, 0.1) is 0 Å². The molecule has 33 heavy (non-hydrogen) atoms. The second-order valence-electron chi connectivity index (χ2n) is 7.73. The second kappa shape index (κ2) is 8.80. The van der Waals surface area contributed by atoms with Crippen LogP contribution in [0.2, 0.25) is 0 Å². The summed E-state index contributed by atoms with van der Waals surface area (Å²) in [5.74, 6) is -0.188. The first-order valence-electron chi connectivity index (χ1n) is 10.1. The number of nitrogens with zero attached hydrogens (tertiary/aromatic N) is 2. The Balaban J connectivity index is 1.42. The summed E-state index contributed by atoms with van der Waals surface area (Å²) in [6.45, 7) is -0.537. The number of aromatic nitrogens is 1. The summed E-state index contributed by atoms with van der Waals surface area (Å²) in [6.07, 6.45) is -6.79. The van der Waals surface area contributed by atoms with Crippen molar-refractivity contribution in [1.82, 2.24) is 4.98 Å². The summed E-state index contributed by atoms with van der Waals surface area (Å²) in [4.78, 5) is 20.0. The van der Waals surface area contributed by atoms with E-state index in [2.05, 4.69) is 9.98 Å². The van der Waals surface area contributed by atoms with Gasteiger partial charge < -0.3 is 35.0 Å². The molecule has 12 heteroatoms. The predicted molar refractivity (Wildman–Crippen MR) is 122 cm³/mol. The molecule has 1 saturated heterocycles. The van der Waals surface area contributed by atoms with Gasteiger partial charge in [-0.3, -0.25) is 4.99 Å². The van der Waals surface area contributed by atoms with Crippen molar-refractivity contribution in [1.29, 1.82) is 0 Å². The van der Waals surface area contributed by atoms with Gasteiger partial charge in [0.25, 0.3) is 0 Å². The number of aliphatic hydroxyl groups excluding tert-OH is 4. The third kappa shape index (κ3) is 4.08. The summed E-state index contributed by atoms with van der Waals surface area (Å²) in [5.41, 5.74) is 0.771. The van der Waals surface area contributed by atoms with Crippen LogP contribution in [0.3, 0.4) is 0 Å². The summed E-state index contributed by atoms with van der Waals surface area (Å²) in [6, 6.07) is 8.23. The van der Waals surface area contributed by atoms with E-state index in [1.807, 2.05) is 18.2 Å². The summed E-state index contributed by atoms with van der Waals surface area (Å²) in [5, 5.41) is 51.6. The lowest BCUT2D eigenvalue weighted by Crippen LogP contribution is -2.60. The number of ether oxygens (including phenoxy) is 2.